The molecule has 138 valence electrons. The molecule has 0 aliphatic rings. The van der Waals surface area contributed by atoms with Crippen molar-refractivity contribution >= 4 is 17.7 Å². The van der Waals surface area contributed by atoms with Crippen molar-refractivity contribution in [3.63, 3.8) is 0 Å². The van der Waals surface area contributed by atoms with Crippen molar-refractivity contribution in [2.75, 3.05) is 18.6 Å². The van der Waals surface area contributed by atoms with Gasteiger partial charge in [0.1, 0.15) is 12.6 Å². The van der Waals surface area contributed by atoms with Crippen LogP contribution in [-0.2, 0) is 20.9 Å². The minimum atomic E-state index is -0.877. The van der Waals surface area contributed by atoms with Gasteiger partial charge in [-0.2, -0.15) is 0 Å². The highest BCUT2D eigenvalue weighted by molar-refractivity contribution is 5.95. The van der Waals surface area contributed by atoms with Gasteiger partial charge in [-0.1, -0.05) is 48.5 Å². The number of aliphatic hydroxyl groups is 1. The molecular weight excluding hydrogens is 334 g/mol. The minimum absolute atomic E-state index is 0.0881. The number of esters is 1. The summed E-state index contributed by atoms with van der Waals surface area (Å²) >= 11 is 0. The van der Waals surface area contributed by atoms with Crippen LogP contribution in [0.2, 0.25) is 0 Å². The summed E-state index contributed by atoms with van der Waals surface area (Å²) < 4.78 is 10.3. The van der Waals surface area contributed by atoms with Gasteiger partial charge in [0.05, 0.1) is 7.11 Å². The number of aliphatic hydroxyl groups excluding tert-OH is 1. The molecule has 2 rings (SSSR count). The Balaban J connectivity index is 2.24. The maximum Gasteiger partial charge on any atom is 0.415 e. The van der Waals surface area contributed by atoms with Crippen LogP contribution in [0.15, 0.2) is 60.7 Å². The topological polar surface area (TPSA) is 76.1 Å². The molecule has 0 saturated carbocycles. The molecule has 0 radical (unpaired) electrons. The van der Waals surface area contributed by atoms with Gasteiger partial charge in [-0.3, -0.25) is 4.90 Å². The van der Waals surface area contributed by atoms with E-state index in [2.05, 4.69) is 0 Å². The number of ether oxygens (including phenoxy) is 2. The molecule has 1 N–H and O–H groups in total. The van der Waals surface area contributed by atoms with E-state index in [1.807, 2.05) is 36.4 Å². The molecule has 0 bridgehead atoms. The predicted octanol–water partition coefficient (Wildman–Crippen LogP) is 3.14. The van der Waals surface area contributed by atoms with Gasteiger partial charge in [0.15, 0.2) is 0 Å². The number of hydrogen-bond acceptors (Lipinski definition) is 5. The van der Waals surface area contributed by atoms with Crippen molar-refractivity contribution in [1.82, 2.24) is 0 Å². The average Bonchev–Trinajstić information content (AvgIpc) is 2.70. The summed E-state index contributed by atoms with van der Waals surface area (Å²) in [5.41, 5.74) is 1.37. The Morgan fingerprint density at radius 1 is 1.04 bits per heavy atom. The molecule has 0 spiro atoms. The van der Waals surface area contributed by atoms with Crippen molar-refractivity contribution in [2.45, 2.75) is 25.5 Å². The molecule has 1 atom stereocenters. The number of benzene rings is 2. The van der Waals surface area contributed by atoms with E-state index in [1.165, 1.54) is 12.0 Å². The quantitative estimate of drug-likeness (QED) is 0.735. The highest BCUT2D eigenvalue weighted by Gasteiger charge is 2.32. The second-order valence-electron chi connectivity index (χ2n) is 5.65. The molecule has 0 heterocycles. The van der Waals surface area contributed by atoms with Gasteiger partial charge in [0.2, 0.25) is 0 Å². The van der Waals surface area contributed by atoms with Gasteiger partial charge < -0.3 is 14.6 Å². The molecule has 26 heavy (non-hydrogen) atoms. The fourth-order valence-electron chi connectivity index (χ4n) is 2.56. The van der Waals surface area contributed by atoms with E-state index < -0.39 is 18.1 Å². The Labute approximate surface area is 153 Å². The van der Waals surface area contributed by atoms with Gasteiger partial charge in [0.25, 0.3) is 0 Å². The third kappa shape index (κ3) is 5.32. The fraction of sp³-hybridized carbons (Fsp3) is 0.300. The van der Waals surface area contributed by atoms with E-state index in [9.17, 15) is 9.59 Å². The lowest BCUT2D eigenvalue weighted by atomic mass is 10.1. The van der Waals surface area contributed by atoms with Crippen molar-refractivity contribution < 1.29 is 24.2 Å². The van der Waals surface area contributed by atoms with Gasteiger partial charge in [-0.05, 0) is 30.5 Å². The number of hydrogen-bond donors (Lipinski definition) is 1. The van der Waals surface area contributed by atoms with E-state index in [-0.39, 0.29) is 19.6 Å². The van der Waals surface area contributed by atoms with Crippen molar-refractivity contribution in [3.8, 4) is 0 Å². The van der Waals surface area contributed by atoms with Gasteiger partial charge in [0, 0.05) is 12.3 Å². The van der Waals surface area contributed by atoms with Crippen LogP contribution in [0.5, 0.6) is 0 Å². The van der Waals surface area contributed by atoms with Crippen LogP contribution in [0.25, 0.3) is 0 Å². The molecule has 6 nitrogen and oxygen atoms in total. The summed E-state index contributed by atoms with van der Waals surface area (Å²) in [6.07, 6.45) is -0.0264. The first-order chi connectivity index (χ1) is 12.7. The number of amides is 1. The third-order valence-electron chi connectivity index (χ3n) is 3.86. The first kappa shape index (κ1) is 19.5. The molecule has 2 aromatic rings. The molecule has 0 aliphatic carbocycles. The van der Waals surface area contributed by atoms with Crippen LogP contribution in [0, 0.1) is 0 Å². The number of rotatable bonds is 8. The van der Waals surface area contributed by atoms with Gasteiger partial charge >= 0.3 is 12.1 Å². The number of anilines is 1. The molecule has 0 unspecified atom stereocenters. The molecule has 0 saturated heterocycles. The van der Waals surface area contributed by atoms with Crippen molar-refractivity contribution in [3.05, 3.63) is 66.2 Å². The summed E-state index contributed by atoms with van der Waals surface area (Å²) in [7, 11) is 1.27. The number of para-hydroxylation sites is 1. The Morgan fingerprint density at radius 2 is 1.65 bits per heavy atom. The SMILES string of the molecule is COC(=O)[C@@H](CCCO)N(C(=O)OCc1ccccc1)c1ccccc1. The van der Waals surface area contributed by atoms with Crippen molar-refractivity contribution in [1.29, 1.82) is 0 Å². The van der Waals surface area contributed by atoms with Gasteiger partial charge in [-0.15, -0.1) is 0 Å². The fourth-order valence-corrected chi connectivity index (χ4v) is 2.56. The standard InChI is InChI=1S/C20H23NO5/c1-25-19(23)18(13-8-14-22)21(17-11-6-3-7-12-17)20(24)26-15-16-9-4-2-5-10-16/h2-7,9-12,18,22H,8,13-15H2,1H3/t18-/m1/s1. The Hall–Kier alpha value is -2.86. The van der Waals surface area contributed by atoms with Crippen LogP contribution >= 0.6 is 0 Å². The summed E-state index contributed by atoms with van der Waals surface area (Å²) in [6.45, 7) is 0.00604. The summed E-state index contributed by atoms with van der Waals surface area (Å²) in [5, 5.41) is 9.13. The van der Waals surface area contributed by atoms with Crippen LogP contribution in [0.1, 0.15) is 18.4 Å². The summed E-state index contributed by atoms with van der Waals surface area (Å²) in [5.74, 6) is -0.557. The predicted molar refractivity (Wildman–Crippen MR) is 97.7 cm³/mol. The van der Waals surface area contributed by atoms with E-state index >= 15 is 0 Å². The molecule has 1 amide bonds. The number of nitrogens with zero attached hydrogens (tertiary/aromatic N) is 1. The van der Waals surface area contributed by atoms with Gasteiger partial charge in [-0.25, -0.2) is 9.59 Å². The lowest BCUT2D eigenvalue weighted by molar-refractivity contribution is -0.142. The average molecular weight is 357 g/mol. The molecular formula is C20H23NO5. The zero-order valence-electron chi connectivity index (χ0n) is 14.7. The van der Waals surface area contributed by atoms with E-state index in [1.54, 1.807) is 24.3 Å². The van der Waals surface area contributed by atoms with Crippen LogP contribution in [-0.4, -0.2) is 36.9 Å². The molecule has 0 fully saturated rings. The summed E-state index contributed by atoms with van der Waals surface area (Å²) in [4.78, 5) is 26.3. The second-order valence-corrected chi connectivity index (χ2v) is 5.65. The van der Waals surface area contributed by atoms with Crippen LogP contribution in [0.3, 0.4) is 0 Å². The zero-order chi connectivity index (χ0) is 18.8. The Bertz CT molecular complexity index is 690. The smallest absolute Gasteiger partial charge is 0.415 e. The number of carbonyl (C=O) groups is 2. The number of methoxy groups -OCH3 is 1. The molecule has 0 aliphatic heterocycles. The zero-order valence-corrected chi connectivity index (χ0v) is 14.7. The lowest BCUT2D eigenvalue weighted by Crippen LogP contribution is -2.46. The molecule has 0 aromatic heterocycles. The maximum atomic E-state index is 12.8. The first-order valence-electron chi connectivity index (χ1n) is 8.41. The highest BCUT2D eigenvalue weighted by atomic mass is 16.6. The van der Waals surface area contributed by atoms with E-state index in [4.69, 9.17) is 14.6 Å². The van der Waals surface area contributed by atoms with Crippen molar-refractivity contribution in [2.24, 2.45) is 0 Å². The molecule has 6 heteroatoms. The second kappa shape index (κ2) is 10.2. The monoisotopic (exact) mass is 357 g/mol. The normalized spacial score (nSPS) is 11.5. The summed E-state index contributed by atoms with van der Waals surface area (Å²) in [6, 6.07) is 17.2. The Kier molecular flexibility index (Phi) is 7.64. The van der Waals surface area contributed by atoms with E-state index in [0.717, 1.165) is 5.56 Å². The maximum absolute atomic E-state index is 12.8. The Morgan fingerprint density at radius 3 is 2.23 bits per heavy atom. The van der Waals surface area contributed by atoms with E-state index in [0.29, 0.717) is 12.1 Å². The first-order valence-corrected chi connectivity index (χ1v) is 8.41. The number of carbonyl (C=O) groups excluding carboxylic acids is 2. The highest BCUT2D eigenvalue weighted by Crippen LogP contribution is 2.22. The van der Waals surface area contributed by atoms with Crippen LogP contribution in [0.4, 0.5) is 10.5 Å². The largest absolute Gasteiger partial charge is 0.467 e. The lowest BCUT2D eigenvalue weighted by Gasteiger charge is -2.29. The van der Waals surface area contributed by atoms with Crippen LogP contribution < -0.4 is 4.90 Å². The third-order valence-corrected chi connectivity index (χ3v) is 3.86. The molecule has 2 aromatic carbocycles. The minimum Gasteiger partial charge on any atom is -0.467 e.